The van der Waals surface area contributed by atoms with Crippen LogP contribution in [0.25, 0.3) is 0 Å². The Labute approximate surface area is 89.4 Å². The highest BCUT2D eigenvalue weighted by molar-refractivity contribution is 5.41. The summed E-state index contributed by atoms with van der Waals surface area (Å²) in [5.41, 5.74) is 0.418. The van der Waals surface area contributed by atoms with Gasteiger partial charge in [-0.05, 0) is 22.6 Å². The maximum Gasteiger partial charge on any atom is 0.418 e. The first-order valence-corrected chi connectivity index (χ1v) is 4.33. The quantitative estimate of drug-likeness (QED) is 0.813. The second-order valence-electron chi connectivity index (χ2n) is 2.92. The molecule has 0 saturated carbocycles. The summed E-state index contributed by atoms with van der Waals surface area (Å²) in [5, 5.41) is 12.7. The summed E-state index contributed by atoms with van der Waals surface area (Å²) in [5.74, 6) is -0.238. The van der Waals surface area contributed by atoms with Gasteiger partial charge in [-0.3, -0.25) is 0 Å². The third-order valence-electron chi connectivity index (χ3n) is 1.93. The van der Waals surface area contributed by atoms with E-state index in [1.807, 2.05) is 0 Å². The number of carbonyl (C=O) groups excluding carboxylic acids is 1. The van der Waals surface area contributed by atoms with Gasteiger partial charge in [-0.25, -0.2) is 14.3 Å². The van der Waals surface area contributed by atoms with Gasteiger partial charge in [-0.15, -0.1) is 5.10 Å². The number of nitrogens with one attached hydrogen (secondary N) is 1. The van der Waals surface area contributed by atoms with Gasteiger partial charge in [0, 0.05) is 5.56 Å². The number of aromatic amines is 1. The molecule has 2 rings (SSSR count). The highest BCUT2D eigenvalue weighted by Gasteiger charge is 2.19. The number of H-pyrrole nitrogens is 1. The number of aromatic nitrogens is 4. The average Bonchev–Trinajstić information content (AvgIpc) is 2.79. The number of ether oxygens (including phenoxy) is 1. The monoisotopic (exact) mass is 221 g/mol. The van der Waals surface area contributed by atoms with E-state index in [9.17, 15) is 9.18 Å². The molecule has 2 aromatic rings. The Bertz CT molecular complexity index is 474. The van der Waals surface area contributed by atoms with Gasteiger partial charge in [0.25, 0.3) is 0 Å². The zero-order valence-electron chi connectivity index (χ0n) is 7.92. The van der Waals surface area contributed by atoms with Crippen molar-refractivity contribution in [1.29, 1.82) is 0 Å². The summed E-state index contributed by atoms with van der Waals surface area (Å²) in [4.78, 5) is 10.2. The van der Waals surface area contributed by atoms with Crippen LogP contribution in [0.1, 0.15) is 17.5 Å². The minimum absolute atomic E-state index is 0.203. The lowest BCUT2D eigenvalue weighted by Crippen LogP contribution is -2.07. The number of hydrogen-bond acceptors (Lipinski definition) is 5. The van der Waals surface area contributed by atoms with Gasteiger partial charge in [0.05, 0.1) is 0 Å². The zero-order valence-corrected chi connectivity index (χ0v) is 7.92. The first kappa shape index (κ1) is 10.2. The fourth-order valence-electron chi connectivity index (χ4n) is 1.28. The van der Waals surface area contributed by atoms with Crippen molar-refractivity contribution in [2.24, 2.45) is 0 Å². The number of rotatable bonds is 4. The van der Waals surface area contributed by atoms with Gasteiger partial charge in [-0.2, -0.15) is 0 Å². The molecular formula is C9H6FN4O2. The van der Waals surface area contributed by atoms with E-state index >= 15 is 0 Å². The predicted molar refractivity (Wildman–Crippen MR) is 49.2 cm³/mol. The maximum absolute atomic E-state index is 13.0. The lowest BCUT2D eigenvalue weighted by Gasteiger charge is -2.10. The topological polar surface area (TPSA) is 80.8 Å². The van der Waals surface area contributed by atoms with Crippen LogP contribution < -0.4 is 0 Å². The van der Waals surface area contributed by atoms with E-state index in [-0.39, 0.29) is 5.82 Å². The molecule has 1 aromatic carbocycles. The summed E-state index contributed by atoms with van der Waals surface area (Å²) in [6, 6.07) is 5.59. The molecule has 0 aliphatic carbocycles. The van der Waals surface area contributed by atoms with Gasteiger partial charge in [-0.1, -0.05) is 12.1 Å². The van der Waals surface area contributed by atoms with Crippen molar-refractivity contribution < 1.29 is 13.9 Å². The summed E-state index contributed by atoms with van der Waals surface area (Å²) >= 11 is 0. The molecule has 16 heavy (non-hydrogen) atoms. The molecule has 0 aliphatic heterocycles. The van der Waals surface area contributed by atoms with Crippen LogP contribution in [0, 0.1) is 5.82 Å². The van der Waals surface area contributed by atoms with E-state index in [0.29, 0.717) is 5.56 Å². The number of halogens is 1. The molecule has 6 nitrogen and oxygen atoms in total. The second-order valence-corrected chi connectivity index (χ2v) is 2.92. The smallest absolute Gasteiger partial charge is 0.418 e. The Morgan fingerprint density at radius 2 is 2.38 bits per heavy atom. The predicted octanol–water partition coefficient (Wildman–Crippen LogP) is 0.512. The Morgan fingerprint density at radius 1 is 1.50 bits per heavy atom. The van der Waals surface area contributed by atoms with Gasteiger partial charge in [0.1, 0.15) is 5.82 Å². The number of nitrogens with zero attached hydrogens (tertiary/aromatic N) is 3. The number of hydrogen-bond donors (Lipinski definition) is 1. The van der Waals surface area contributed by atoms with Crippen LogP contribution >= 0.6 is 0 Å². The Kier molecular flexibility index (Phi) is 2.86. The van der Waals surface area contributed by atoms with Crippen LogP contribution in [-0.4, -0.2) is 27.1 Å². The van der Waals surface area contributed by atoms with Crippen LogP contribution in [0.15, 0.2) is 24.3 Å². The molecule has 1 radical (unpaired) electrons. The Balaban J connectivity index is 2.36. The molecule has 81 valence electrons. The molecule has 1 aromatic heterocycles. The first-order chi connectivity index (χ1) is 7.81. The van der Waals surface area contributed by atoms with Crippen molar-refractivity contribution in [3.8, 4) is 0 Å². The fraction of sp³-hybridized carbons (Fsp3) is 0.111. The maximum atomic E-state index is 13.0. The van der Waals surface area contributed by atoms with E-state index in [0.717, 1.165) is 0 Å². The van der Waals surface area contributed by atoms with Gasteiger partial charge in [0.2, 0.25) is 0 Å². The Hall–Kier alpha value is -2.31. The SMILES string of the molecule is O=[C]OC(c1cccc(F)c1)c1nnn[nH]1. The van der Waals surface area contributed by atoms with Gasteiger partial charge >= 0.3 is 6.47 Å². The van der Waals surface area contributed by atoms with Crippen molar-refractivity contribution in [3.63, 3.8) is 0 Å². The standard InChI is InChI=1S/C9H6FN4O2/c10-7-3-1-2-6(4-7)8(16-5-15)9-11-13-14-12-9/h1-4,8H,(H,11,12,13,14). The summed E-state index contributed by atoms with van der Waals surface area (Å²) in [6.07, 6.45) is -0.886. The first-order valence-electron chi connectivity index (χ1n) is 4.33. The van der Waals surface area contributed by atoms with Crippen molar-refractivity contribution in [1.82, 2.24) is 20.6 Å². The van der Waals surface area contributed by atoms with Crippen molar-refractivity contribution >= 4 is 6.47 Å². The van der Waals surface area contributed by atoms with E-state index in [1.54, 1.807) is 6.07 Å². The molecule has 1 heterocycles. The highest BCUT2D eigenvalue weighted by atomic mass is 19.1. The van der Waals surface area contributed by atoms with Crippen LogP contribution in [0.4, 0.5) is 4.39 Å². The van der Waals surface area contributed by atoms with E-state index < -0.39 is 11.9 Å². The molecule has 1 N–H and O–H groups in total. The van der Waals surface area contributed by atoms with E-state index in [4.69, 9.17) is 0 Å². The average molecular weight is 221 g/mol. The van der Waals surface area contributed by atoms with Crippen LogP contribution in [0.2, 0.25) is 0 Å². The van der Waals surface area contributed by atoms with Crippen LogP contribution in [0.5, 0.6) is 0 Å². The zero-order chi connectivity index (χ0) is 11.4. The lowest BCUT2D eigenvalue weighted by molar-refractivity contribution is 0.206. The summed E-state index contributed by atoms with van der Waals surface area (Å²) in [6.45, 7) is 1.29. The molecule has 0 aliphatic rings. The Morgan fingerprint density at radius 3 is 3.00 bits per heavy atom. The third kappa shape index (κ3) is 2.02. The largest absolute Gasteiger partial charge is 0.441 e. The number of tetrazole rings is 1. The minimum atomic E-state index is -0.886. The molecule has 1 unspecified atom stereocenters. The van der Waals surface area contributed by atoms with Gasteiger partial charge in [0.15, 0.2) is 11.9 Å². The van der Waals surface area contributed by atoms with Crippen molar-refractivity contribution in [3.05, 3.63) is 41.5 Å². The molecule has 0 amide bonds. The van der Waals surface area contributed by atoms with Crippen molar-refractivity contribution in [2.45, 2.75) is 6.10 Å². The summed E-state index contributed by atoms with van der Waals surface area (Å²) in [7, 11) is 0. The van der Waals surface area contributed by atoms with E-state index in [2.05, 4.69) is 25.4 Å². The fourth-order valence-corrected chi connectivity index (χ4v) is 1.28. The van der Waals surface area contributed by atoms with Crippen LogP contribution in [0.3, 0.4) is 0 Å². The molecule has 0 spiro atoms. The number of benzene rings is 1. The van der Waals surface area contributed by atoms with E-state index in [1.165, 1.54) is 24.7 Å². The molecule has 0 saturated heterocycles. The molecule has 1 atom stereocenters. The van der Waals surface area contributed by atoms with Crippen LogP contribution in [-0.2, 0) is 9.53 Å². The molecule has 0 bridgehead atoms. The minimum Gasteiger partial charge on any atom is -0.441 e. The lowest BCUT2D eigenvalue weighted by atomic mass is 10.1. The highest BCUT2D eigenvalue weighted by Crippen LogP contribution is 2.22. The third-order valence-corrected chi connectivity index (χ3v) is 1.93. The van der Waals surface area contributed by atoms with Gasteiger partial charge < -0.3 is 4.74 Å². The second kappa shape index (κ2) is 4.47. The molecular weight excluding hydrogens is 215 g/mol. The molecule has 7 heteroatoms. The summed E-state index contributed by atoms with van der Waals surface area (Å²) < 4.78 is 17.7. The molecule has 0 fully saturated rings. The normalized spacial score (nSPS) is 12.1. The van der Waals surface area contributed by atoms with Crippen molar-refractivity contribution in [2.75, 3.05) is 0 Å².